The van der Waals surface area contributed by atoms with Gasteiger partial charge in [0.1, 0.15) is 5.75 Å². The van der Waals surface area contributed by atoms with Crippen LogP contribution in [-0.2, 0) is 0 Å². The number of hydrogen-bond donors (Lipinski definition) is 1. The van der Waals surface area contributed by atoms with Crippen LogP contribution in [0.4, 0.5) is 0 Å². The second kappa shape index (κ2) is 6.24. The van der Waals surface area contributed by atoms with E-state index in [1.165, 1.54) is 0 Å². The Morgan fingerprint density at radius 1 is 1.35 bits per heavy atom. The van der Waals surface area contributed by atoms with Crippen molar-refractivity contribution in [1.29, 1.82) is 0 Å². The molecule has 0 spiro atoms. The standard InChI is InChI=1S/C17H19NO2/c1-4-6-7-12(5-2)15-11-17(19)14-9-8-13(20-3)10-16(14)18-15/h5-11H,4H2,1-3H3,(H,18,19)/b7-6-,12-5+. The van der Waals surface area contributed by atoms with Gasteiger partial charge in [-0.1, -0.05) is 25.2 Å². The van der Waals surface area contributed by atoms with Crippen LogP contribution in [0.25, 0.3) is 16.5 Å². The summed E-state index contributed by atoms with van der Waals surface area (Å²) in [5, 5.41) is 0.671. The Bertz CT molecular complexity index is 723. The fourth-order valence-electron chi connectivity index (χ4n) is 2.10. The number of pyridine rings is 1. The highest BCUT2D eigenvalue weighted by Gasteiger charge is 2.05. The van der Waals surface area contributed by atoms with Gasteiger partial charge < -0.3 is 9.72 Å². The molecule has 1 heterocycles. The first-order chi connectivity index (χ1) is 9.69. The number of nitrogens with one attached hydrogen (secondary N) is 1. The van der Waals surface area contributed by atoms with E-state index in [1.54, 1.807) is 25.3 Å². The number of allylic oxidation sites excluding steroid dienone is 4. The van der Waals surface area contributed by atoms with Crippen LogP contribution in [0, 0.1) is 0 Å². The minimum atomic E-state index is 0.0145. The maximum absolute atomic E-state index is 12.2. The lowest BCUT2D eigenvalue weighted by Gasteiger charge is -2.07. The summed E-state index contributed by atoms with van der Waals surface area (Å²) in [6, 6.07) is 7.07. The molecule has 0 amide bonds. The van der Waals surface area contributed by atoms with Gasteiger partial charge in [0.25, 0.3) is 0 Å². The fraction of sp³-hybridized carbons (Fsp3) is 0.235. The molecule has 0 radical (unpaired) electrons. The van der Waals surface area contributed by atoms with Crippen molar-refractivity contribution in [2.45, 2.75) is 20.3 Å². The van der Waals surface area contributed by atoms with Gasteiger partial charge in [0.15, 0.2) is 5.43 Å². The number of methoxy groups -OCH3 is 1. The lowest BCUT2D eigenvalue weighted by Crippen LogP contribution is -2.04. The summed E-state index contributed by atoms with van der Waals surface area (Å²) >= 11 is 0. The first-order valence-corrected chi connectivity index (χ1v) is 6.74. The van der Waals surface area contributed by atoms with Crippen LogP contribution in [-0.4, -0.2) is 12.1 Å². The third-order valence-electron chi connectivity index (χ3n) is 3.19. The van der Waals surface area contributed by atoms with Crippen molar-refractivity contribution in [2.75, 3.05) is 7.11 Å². The van der Waals surface area contributed by atoms with Gasteiger partial charge in [-0.3, -0.25) is 4.79 Å². The largest absolute Gasteiger partial charge is 0.497 e. The lowest BCUT2D eigenvalue weighted by molar-refractivity contribution is 0.415. The van der Waals surface area contributed by atoms with Gasteiger partial charge in [-0.15, -0.1) is 0 Å². The molecule has 1 aromatic heterocycles. The summed E-state index contributed by atoms with van der Waals surface area (Å²) in [6.45, 7) is 4.04. The zero-order valence-corrected chi connectivity index (χ0v) is 12.1. The molecule has 1 N–H and O–H groups in total. The van der Waals surface area contributed by atoms with Crippen molar-refractivity contribution < 1.29 is 4.74 Å². The Labute approximate surface area is 118 Å². The molecule has 2 aromatic rings. The summed E-state index contributed by atoms with van der Waals surface area (Å²) in [5.41, 5.74) is 2.63. The van der Waals surface area contributed by atoms with E-state index in [0.29, 0.717) is 5.39 Å². The molecule has 2 rings (SSSR count). The summed E-state index contributed by atoms with van der Waals surface area (Å²) < 4.78 is 5.20. The van der Waals surface area contributed by atoms with Gasteiger partial charge >= 0.3 is 0 Å². The molecule has 3 nitrogen and oxygen atoms in total. The molecule has 0 fully saturated rings. The van der Waals surface area contributed by atoms with Gasteiger partial charge in [0, 0.05) is 23.2 Å². The third kappa shape index (κ3) is 2.82. The van der Waals surface area contributed by atoms with Crippen molar-refractivity contribution in [3.8, 4) is 5.75 Å². The van der Waals surface area contributed by atoms with Crippen LogP contribution in [0.15, 0.2) is 47.3 Å². The van der Waals surface area contributed by atoms with Crippen molar-refractivity contribution in [2.24, 2.45) is 0 Å². The zero-order chi connectivity index (χ0) is 14.5. The molecule has 0 bridgehead atoms. The maximum atomic E-state index is 12.2. The number of fused-ring (bicyclic) bond motifs is 1. The first kappa shape index (κ1) is 14.1. The molecule has 0 aliphatic heterocycles. The summed E-state index contributed by atoms with van der Waals surface area (Å²) in [7, 11) is 1.62. The van der Waals surface area contributed by atoms with Crippen molar-refractivity contribution in [3.05, 3.63) is 58.4 Å². The van der Waals surface area contributed by atoms with Crippen molar-refractivity contribution in [3.63, 3.8) is 0 Å². The Morgan fingerprint density at radius 2 is 2.15 bits per heavy atom. The van der Waals surface area contributed by atoms with Crippen LogP contribution < -0.4 is 10.2 Å². The molecular weight excluding hydrogens is 250 g/mol. The minimum absolute atomic E-state index is 0.0145. The molecule has 0 aliphatic carbocycles. The predicted octanol–water partition coefficient (Wildman–Crippen LogP) is 3.91. The highest BCUT2D eigenvalue weighted by Crippen LogP contribution is 2.20. The molecule has 0 saturated heterocycles. The average Bonchev–Trinajstić information content (AvgIpc) is 2.47. The quantitative estimate of drug-likeness (QED) is 0.855. The molecule has 1 aromatic carbocycles. The van der Waals surface area contributed by atoms with Crippen LogP contribution in [0.3, 0.4) is 0 Å². The normalized spacial score (nSPS) is 12.2. The molecule has 0 aliphatic rings. The summed E-state index contributed by atoms with van der Waals surface area (Å²) in [5.74, 6) is 0.733. The van der Waals surface area contributed by atoms with E-state index in [1.807, 2.05) is 25.1 Å². The number of rotatable bonds is 4. The Morgan fingerprint density at radius 3 is 2.80 bits per heavy atom. The fourth-order valence-corrected chi connectivity index (χ4v) is 2.10. The Balaban J connectivity index is 2.61. The smallest absolute Gasteiger partial charge is 0.190 e. The topological polar surface area (TPSA) is 42.1 Å². The molecule has 104 valence electrons. The number of benzene rings is 1. The second-order valence-corrected chi connectivity index (χ2v) is 4.51. The molecule has 0 unspecified atom stereocenters. The Hall–Kier alpha value is -2.29. The molecular formula is C17H19NO2. The first-order valence-electron chi connectivity index (χ1n) is 6.74. The van der Waals surface area contributed by atoms with Crippen molar-refractivity contribution in [1.82, 2.24) is 4.98 Å². The number of ether oxygens (including phenoxy) is 1. The van der Waals surface area contributed by atoms with E-state index in [-0.39, 0.29) is 5.43 Å². The molecule has 0 saturated carbocycles. The van der Waals surface area contributed by atoms with Gasteiger partial charge in [0.2, 0.25) is 0 Å². The number of aromatic nitrogens is 1. The zero-order valence-electron chi connectivity index (χ0n) is 12.1. The van der Waals surface area contributed by atoms with Crippen LogP contribution >= 0.6 is 0 Å². The van der Waals surface area contributed by atoms with E-state index in [2.05, 4.69) is 18.0 Å². The van der Waals surface area contributed by atoms with Gasteiger partial charge in [-0.05, 0) is 31.1 Å². The minimum Gasteiger partial charge on any atom is -0.497 e. The number of hydrogen-bond acceptors (Lipinski definition) is 2. The molecule has 3 heteroatoms. The average molecular weight is 269 g/mol. The van der Waals surface area contributed by atoms with Gasteiger partial charge in [-0.2, -0.15) is 0 Å². The SMILES string of the molecule is C/C=C(\C=C/CC)c1cc(=O)c2ccc(OC)cc2[nH]1. The molecule has 20 heavy (non-hydrogen) atoms. The highest BCUT2D eigenvalue weighted by molar-refractivity contribution is 5.83. The number of H-pyrrole nitrogens is 1. The summed E-state index contributed by atoms with van der Waals surface area (Å²) in [6.07, 6.45) is 7.05. The summed E-state index contributed by atoms with van der Waals surface area (Å²) in [4.78, 5) is 15.5. The van der Waals surface area contributed by atoms with E-state index in [0.717, 1.165) is 29.0 Å². The maximum Gasteiger partial charge on any atom is 0.190 e. The second-order valence-electron chi connectivity index (χ2n) is 4.51. The predicted molar refractivity (Wildman–Crippen MR) is 84.2 cm³/mol. The van der Waals surface area contributed by atoms with Crippen LogP contribution in [0.2, 0.25) is 0 Å². The van der Waals surface area contributed by atoms with Crippen LogP contribution in [0.5, 0.6) is 5.75 Å². The monoisotopic (exact) mass is 269 g/mol. The third-order valence-corrected chi connectivity index (χ3v) is 3.19. The van der Waals surface area contributed by atoms with E-state index >= 15 is 0 Å². The van der Waals surface area contributed by atoms with E-state index in [4.69, 9.17) is 4.74 Å². The van der Waals surface area contributed by atoms with Crippen molar-refractivity contribution >= 4 is 16.5 Å². The van der Waals surface area contributed by atoms with Gasteiger partial charge in [-0.25, -0.2) is 0 Å². The Kier molecular flexibility index (Phi) is 4.41. The number of aromatic amines is 1. The highest BCUT2D eigenvalue weighted by atomic mass is 16.5. The molecule has 0 atom stereocenters. The van der Waals surface area contributed by atoms with Crippen LogP contribution in [0.1, 0.15) is 26.0 Å². The lowest BCUT2D eigenvalue weighted by atomic mass is 10.1. The van der Waals surface area contributed by atoms with E-state index < -0.39 is 0 Å². The van der Waals surface area contributed by atoms with Gasteiger partial charge in [0.05, 0.1) is 12.6 Å². The van der Waals surface area contributed by atoms with E-state index in [9.17, 15) is 4.79 Å².